The summed E-state index contributed by atoms with van der Waals surface area (Å²) in [7, 11) is 1.32. The second-order valence-electron chi connectivity index (χ2n) is 3.34. The summed E-state index contributed by atoms with van der Waals surface area (Å²) in [6.45, 7) is 1.33. The maximum atomic E-state index is 11.2. The lowest BCUT2D eigenvalue weighted by Gasteiger charge is -2.31. The first-order valence-corrected chi connectivity index (χ1v) is 4.79. The Morgan fingerprint density at radius 1 is 1.60 bits per heavy atom. The summed E-state index contributed by atoms with van der Waals surface area (Å²) >= 11 is 0. The summed E-state index contributed by atoms with van der Waals surface area (Å²) in [5.74, 6) is -0.853. The van der Waals surface area contributed by atoms with Crippen LogP contribution in [0.3, 0.4) is 0 Å². The minimum atomic E-state index is -0.853. The first-order chi connectivity index (χ1) is 7.13. The number of morpholine rings is 1. The lowest BCUT2D eigenvalue weighted by molar-refractivity contribution is -0.138. The average molecular weight is 217 g/mol. The number of carbonyl (C=O) groups excluding carboxylic acids is 1. The van der Waals surface area contributed by atoms with E-state index >= 15 is 0 Å². The molecule has 1 aliphatic heterocycles. The van der Waals surface area contributed by atoms with Gasteiger partial charge in [0.1, 0.15) is 0 Å². The van der Waals surface area contributed by atoms with E-state index in [9.17, 15) is 9.59 Å². The summed E-state index contributed by atoms with van der Waals surface area (Å²) in [6, 6.07) is 0. The average Bonchev–Trinajstić information content (AvgIpc) is 2.25. The highest BCUT2D eigenvalue weighted by atomic mass is 16.5. The minimum Gasteiger partial charge on any atom is -0.481 e. The zero-order valence-corrected chi connectivity index (χ0v) is 8.64. The maximum absolute atomic E-state index is 11.2. The summed E-state index contributed by atoms with van der Waals surface area (Å²) in [6.07, 6.45) is -0.115. The molecule has 1 heterocycles. The van der Waals surface area contributed by atoms with Crippen molar-refractivity contribution in [3.8, 4) is 0 Å². The van der Waals surface area contributed by atoms with Crippen molar-refractivity contribution in [1.29, 1.82) is 0 Å². The third-order valence-electron chi connectivity index (χ3n) is 2.25. The SMILES string of the molecule is COC(=O)N1CCOC(CCC(=O)O)C1. The lowest BCUT2D eigenvalue weighted by atomic mass is 10.1. The van der Waals surface area contributed by atoms with Gasteiger partial charge in [0.25, 0.3) is 0 Å². The van der Waals surface area contributed by atoms with Crippen LogP contribution >= 0.6 is 0 Å². The molecule has 1 aliphatic rings. The maximum Gasteiger partial charge on any atom is 0.409 e. The van der Waals surface area contributed by atoms with Gasteiger partial charge < -0.3 is 19.5 Å². The first kappa shape index (κ1) is 11.8. The topological polar surface area (TPSA) is 76.1 Å². The van der Waals surface area contributed by atoms with E-state index in [0.717, 1.165) is 0 Å². The molecule has 0 aliphatic carbocycles. The van der Waals surface area contributed by atoms with E-state index in [4.69, 9.17) is 9.84 Å². The fourth-order valence-corrected chi connectivity index (χ4v) is 1.47. The lowest BCUT2D eigenvalue weighted by Crippen LogP contribution is -2.45. The van der Waals surface area contributed by atoms with Crippen LogP contribution in [-0.4, -0.2) is 55.0 Å². The van der Waals surface area contributed by atoms with Gasteiger partial charge in [0.2, 0.25) is 0 Å². The second-order valence-corrected chi connectivity index (χ2v) is 3.34. The second kappa shape index (κ2) is 5.55. The molecule has 1 saturated heterocycles. The number of aliphatic carboxylic acids is 1. The van der Waals surface area contributed by atoms with Crippen LogP contribution < -0.4 is 0 Å². The van der Waals surface area contributed by atoms with Gasteiger partial charge >= 0.3 is 12.1 Å². The van der Waals surface area contributed by atoms with Crippen molar-refractivity contribution in [3.05, 3.63) is 0 Å². The molecule has 1 N–H and O–H groups in total. The van der Waals surface area contributed by atoms with Gasteiger partial charge in [0.15, 0.2) is 0 Å². The van der Waals surface area contributed by atoms with Gasteiger partial charge in [0.05, 0.1) is 26.4 Å². The molecule has 15 heavy (non-hydrogen) atoms. The van der Waals surface area contributed by atoms with Crippen molar-refractivity contribution >= 4 is 12.1 Å². The molecular formula is C9H15NO5. The van der Waals surface area contributed by atoms with Gasteiger partial charge in [-0.2, -0.15) is 0 Å². The number of carboxylic acids is 1. The molecule has 1 amide bonds. The third kappa shape index (κ3) is 3.75. The molecule has 0 spiro atoms. The van der Waals surface area contributed by atoms with Crippen LogP contribution in [0.4, 0.5) is 4.79 Å². The van der Waals surface area contributed by atoms with Crippen molar-refractivity contribution in [2.24, 2.45) is 0 Å². The minimum absolute atomic E-state index is 0.0552. The fraction of sp³-hybridized carbons (Fsp3) is 0.778. The zero-order valence-electron chi connectivity index (χ0n) is 8.64. The first-order valence-electron chi connectivity index (χ1n) is 4.79. The molecule has 0 aromatic rings. The van der Waals surface area contributed by atoms with E-state index in [2.05, 4.69) is 4.74 Å². The predicted octanol–water partition coefficient (Wildman–Crippen LogP) is 0.318. The molecule has 6 nitrogen and oxygen atoms in total. The van der Waals surface area contributed by atoms with E-state index in [-0.39, 0.29) is 12.5 Å². The Bertz CT molecular complexity index is 243. The Hall–Kier alpha value is -1.30. The van der Waals surface area contributed by atoms with Crippen molar-refractivity contribution in [2.45, 2.75) is 18.9 Å². The van der Waals surface area contributed by atoms with E-state index in [1.165, 1.54) is 12.0 Å². The molecule has 1 atom stereocenters. The molecule has 0 aromatic carbocycles. The molecule has 86 valence electrons. The van der Waals surface area contributed by atoms with Crippen LogP contribution in [0.15, 0.2) is 0 Å². The molecule has 0 bridgehead atoms. The number of rotatable bonds is 3. The highest BCUT2D eigenvalue weighted by molar-refractivity contribution is 5.68. The van der Waals surface area contributed by atoms with Crippen LogP contribution in [-0.2, 0) is 14.3 Å². The molecule has 1 unspecified atom stereocenters. The van der Waals surface area contributed by atoms with Gasteiger partial charge in [0, 0.05) is 13.0 Å². The number of methoxy groups -OCH3 is 1. The van der Waals surface area contributed by atoms with Crippen LogP contribution in [0.1, 0.15) is 12.8 Å². The number of carbonyl (C=O) groups is 2. The molecule has 6 heteroatoms. The molecule has 1 fully saturated rings. The molecular weight excluding hydrogens is 202 g/mol. The molecule has 1 rings (SSSR count). The van der Waals surface area contributed by atoms with Gasteiger partial charge in [-0.15, -0.1) is 0 Å². The van der Waals surface area contributed by atoms with Crippen molar-refractivity contribution in [1.82, 2.24) is 4.90 Å². The Labute approximate surface area is 87.8 Å². The van der Waals surface area contributed by atoms with Crippen LogP contribution in [0.2, 0.25) is 0 Å². The Morgan fingerprint density at radius 2 is 2.33 bits per heavy atom. The normalized spacial score (nSPS) is 21.1. The Kier molecular flexibility index (Phi) is 4.36. The van der Waals surface area contributed by atoms with Gasteiger partial charge in [-0.3, -0.25) is 4.79 Å². The summed E-state index contributed by atoms with van der Waals surface area (Å²) in [5.41, 5.74) is 0. The fourth-order valence-electron chi connectivity index (χ4n) is 1.47. The van der Waals surface area contributed by atoms with E-state index in [1.54, 1.807) is 0 Å². The highest BCUT2D eigenvalue weighted by Gasteiger charge is 2.24. The van der Waals surface area contributed by atoms with Crippen molar-refractivity contribution in [3.63, 3.8) is 0 Å². The summed E-state index contributed by atoms with van der Waals surface area (Å²) < 4.78 is 9.92. The van der Waals surface area contributed by atoms with E-state index in [0.29, 0.717) is 26.1 Å². The number of amides is 1. The van der Waals surface area contributed by atoms with Gasteiger partial charge in [-0.25, -0.2) is 4.79 Å². The Balaban J connectivity index is 2.35. The van der Waals surface area contributed by atoms with E-state index in [1.807, 2.05) is 0 Å². The predicted molar refractivity (Wildman–Crippen MR) is 50.6 cm³/mol. The van der Waals surface area contributed by atoms with Crippen molar-refractivity contribution < 1.29 is 24.2 Å². The van der Waals surface area contributed by atoms with E-state index < -0.39 is 12.1 Å². The van der Waals surface area contributed by atoms with Crippen LogP contribution in [0.5, 0.6) is 0 Å². The largest absolute Gasteiger partial charge is 0.481 e. The molecule has 0 radical (unpaired) electrons. The van der Waals surface area contributed by atoms with Crippen LogP contribution in [0, 0.1) is 0 Å². The van der Waals surface area contributed by atoms with Crippen molar-refractivity contribution in [2.75, 3.05) is 26.8 Å². The number of nitrogens with zero attached hydrogens (tertiary/aromatic N) is 1. The number of ether oxygens (including phenoxy) is 2. The monoisotopic (exact) mass is 217 g/mol. The highest BCUT2D eigenvalue weighted by Crippen LogP contribution is 2.11. The van der Waals surface area contributed by atoms with Crippen LogP contribution in [0.25, 0.3) is 0 Å². The third-order valence-corrected chi connectivity index (χ3v) is 2.25. The summed E-state index contributed by atoms with van der Waals surface area (Å²) in [5, 5.41) is 8.50. The standard InChI is InChI=1S/C9H15NO5/c1-14-9(13)10-4-5-15-7(6-10)2-3-8(11)12/h7H,2-6H2,1H3,(H,11,12). The van der Waals surface area contributed by atoms with Gasteiger partial charge in [-0.05, 0) is 6.42 Å². The number of hydrogen-bond donors (Lipinski definition) is 1. The zero-order chi connectivity index (χ0) is 11.3. The van der Waals surface area contributed by atoms with Gasteiger partial charge in [-0.1, -0.05) is 0 Å². The molecule has 0 saturated carbocycles. The quantitative estimate of drug-likeness (QED) is 0.736. The molecule has 0 aromatic heterocycles. The number of carboxylic acid groups (broad SMARTS) is 1. The smallest absolute Gasteiger partial charge is 0.409 e. The summed E-state index contributed by atoms with van der Waals surface area (Å²) in [4.78, 5) is 23.1. The Morgan fingerprint density at radius 3 is 2.93 bits per heavy atom. The number of hydrogen-bond acceptors (Lipinski definition) is 4.